The van der Waals surface area contributed by atoms with Gasteiger partial charge in [-0.15, -0.1) is 0 Å². The molecule has 0 saturated heterocycles. The lowest BCUT2D eigenvalue weighted by Crippen LogP contribution is -2.34. The van der Waals surface area contributed by atoms with Crippen molar-refractivity contribution in [1.29, 1.82) is 0 Å². The average molecular weight is 334 g/mol. The van der Waals surface area contributed by atoms with Crippen molar-refractivity contribution >= 4 is 23.5 Å². The number of hydrogen-bond donors (Lipinski definition) is 1. The van der Waals surface area contributed by atoms with Gasteiger partial charge in [0.05, 0.1) is 0 Å². The normalized spacial score (nSPS) is 9.96. The fraction of sp³-hybridized carbons (Fsp3) is 0.176. The minimum Gasteiger partial charge on any atom is -0.484 e. The molecule has 0 aliphatic carbocycles. The molecule has 0 unspecified atom stereocenters. The van der Waals surface area contributed by atoms with Gasteiger partial charge >= 0.3 is 5.97 Å². The molecule has 0 saturated carbocycles. The number of carbonyl (C=O) groups excluding carboxylic acids is 2. The third-order valence-electron chi connectivity index (χ3n) is 2.84. The maximum atomic E-state index is 11.6. The summed E-state index contributed by atoms with van der Waals surface area (Å²) in [5, 5.41) is 2.95. The molecule has 5 nitrogen and oxygen atoms in total. The topological polar surface area (TPSA) is 64.6 Å². The zero-order valence-corrected chi connectivity index (χ0v) is 13.1. The summed E-state index contributed by atoms with van der Waals surface area (Å²) in [5.74, 6) is -0.439. The number of benzene rings is 2. The van der Waals surface area contributed by atoms with Gasteiger partial charge in [0.1, 0.15) is 18.9 Å². The fourth-order valence-corrected chi connectivity index (χ4v) is 1.90. The Kier molecular flexibility index (Phi) is 6.44. The van der Waals surface area contributed by atoms with Crippen LogP contribution in [-0.2, 0) is 20.9 Å². The van der Waals surface area contributed by atoms with Crippen LogP contribution < -0.4 is 10.1 Å². The quantitative estimate of drug-likeness (QED) is 0.791. The second-order valence-corrected chi connectivity index (χ2v) is 5.11. The van der Waals surface area contributed by atoms with E-state index in [1.807, 2.05) is 30.3 Å². The number of hydrogen-bond acceptors (Lipinski definition) is 4. The van der Waals surface area contributed by atoms with Crippen LogP contribution in [0, 0.1) is 0 Å². The van der Waals surface area contributed by atoms with Crippen LogP contribution in [0.25, 0.3) is 0 Å². The molecule has 120 valence electrons. The van der Waals surface area contributed by atoms with Gasteiger partial charge in [0.25, 0.3) is 5.91 Å². The van der Waals surface area contributed by atoms with Gasteiger partial charge in [0.15, 0.2) is 6.61 Å². The van der Waals surface area contributed by atoms with E-state index in [2.05, 4.69) is 5.32 Å². The summed E-state index contributed by atoms with van der Waals surface area (Å²) >= 11 is 5.81. The number of nitrogens with one attached hydrogen (secondary N) is 1. The highest BCUT2D eigenvalue weighted by Gasteiger charge is 2.08. The standard InChI is InChI=1S/C17H16ClNO4/c18-14-7-4-8-15(9-14)22-12-16(20)19-10-17(21)23-11-13-5-2-1-3-6-13/h1-9H,10-12H2,(H,19,20). The number of halogens is 1. The molecule has 0 heterocycles. The zero-order chi connectivity index (χ0) is 16.5. The summed E-state index contributed by atoms with van der Waals surface area (Å²) < 4.78 is 10.3. The predicted molar refractivity (Wildman–Crippen MR) is 86.2 cm³/mol. The largest absolute Gasteiger partial charge is 0.484 e. The number of ether oxygens (including phenoxy) is 2. The van der Waals surface area contributed by atoms with Gasteiger partial charge in [0, 0.05) is 5.02 Å². The van der Waals surface area contributed by atoms with E-state index < -0.39 is 11.9 Å². The van der Waals surface area contributed by atoms with Gasteiger partial charge in [0.2, 0.25) is 0 Å². The van der Waals surface area contributed by atoms with Crippen LogP contribution in [0.15, 0.2) is 54.6 Å². The molecule has 2 rings (SSSR count). The molecule has 0 aliphatic rings. The summed E-state index contributed by atoms with van der Waals surface area (Å²) in [6.45, 7) is -0.231. The van der Waals surface area contributed by atoms with Crippen molar-refractivity contribution in [3.8, 4) is 5.75 Å². The van der Waals surface area contributed by atoms with Crippen LogP contribution in [-0.4, -0.2) is 25.0 Å². The molecule has 0 bridgehead atoms. The van der Waals surface area contributed by atoms with Crippen LogP contribution >= 0.6 is 11.6 Å². The monoisotopic (exact) mass is 333 g/mol. The number of carbonyl (C=O) groups is 2. The average Bonchev–Trinajstić information content (AvgIpc) is 2.57. The minimum atomic E-state index is -0.509. The second-order valence-electron chi connectivity index (χ2n) is 4.67. The Balaban J connectivity index is 1.64. The van der Waals surface area contributed by atoms with Gasteiger partial charge in [-0.3, -0.25) is 9.59 Å². The van der Waals surface area contributed by atoms with Crippen molar-refractivity contribution in [3.05, 3.63) is 65.2 Å². The lowest BCUT2D eigenvalue weighted by atomic mass is 10.2. The second kappa shape index (κ2) is 8.80. The predicted octanol–water partition coefficient (Wildman–Crippen LogP) is 2.58. The molecule has 0 aliphatic heterocycles. The number of rotatable bonds is 7. The third-order valence-corrected chi connectivity index (χ3v) is 3.07. The van der Waals surface area contributed by atoms with Crippen LogP contribution in [0.4, 0.5) is 0 Å². The SMILES string of the molecule is O=C(COc1cccc(Cl)c1)NCC(=O)OCc1ccccc1. The van der Waals surface area contributed by atoms with Crippen LogP contribution in [0.1, 0.15) is 5.56 Å². The first kappa shape index (κ1) is 16.8. The lowest BCUT2D eigenvalue weighted by Gasteiger charge is -2.08. The summed E-state index contributed by atoms with van der Waals surface area (Å²) in [4.78, 5) is 23.1. The van der Waals surface area contributed by atoms with Crippen molar-refractivity contribution < 1.29 is 19.1 Å². The number of amides is 1. The molecule has 2 aromatic carbocycles. The molecular weight excluding hydrogens is 318 g/mol. The Labute approximate surface area is 139 Å². The molecule has 2 aromatic rings. The summed E-state index contributed by atoms with van der Waals surface area (Å²) in [7, 11) is 0. The summed E-state index contributed by atoms with van der Waals surface area (Å²) in [6.07, 6.45) is 0. The molecule has 1 N–H and O–H groups in total. The van der Waals surface area contributed by atoms with Gasteiger partial charge in [-0.25, -0.2) is 0 Å². The molecular formula is C17H16ClNO4. The van der Waals surface area contributed by atoms with E-state index in [1.54, 1.807) is 24.3 Å². The highest BCUT2D eigenvalue weighted by Crippen LogP contribution is 2.16. The van der Waals surface area contributed by atoms with Crippen molar-refractivity contribution in [2.45, 2.75) is 6.61 Å². The zero-order valence-electron chi connectivity index (χ0n) is 12.3. The Morgan fingerprint density at radius 1 is 1.04 bits per heavy atom. The molecule has 0 spiro atoms. The highest BCUT2D eigenvalue weighted by atomic mass is 35.5. The Morgan fingerprint density at radius 2 is 1.83 bits per heavy atom. The third kappa shape index (κ3) is 6.40. The maximum absolute atomic E-state index is 11.6. The molecule has 0 radical (unpaired) electrons. The Bertz CT molecular complexity index is 661. The first-order valence-corrected chi connectivity index (χ1v) is 7.36. The molecule has 0 aromatic heterocycles. The van der Waals surface area contributed by atoms with Gasteiger partial charge in [-0.1, -0.05) is 48.0 Å². The summed E-state index contributed by atoms with van der Waals surface area (Å²) in [6, 6.07) is 16.0. The highest BCUT2D eigenvalue weighted by molar-refractivity contribution is 6.30. The molecule has 0 atom stereocenters. The maximum Gasteiger partial charge on any atom is 0.325 e. The van der Waals surface area contributed by atoms with Crippen LogP contribution in [0.2, 0.25) is 5.02 Å². The molecule has 23 heavy (non-hydrogen) atoms. The summed E-state index contributed by atoms with van der Waals surface area (Å²) in [5.41, 5.74) is 0.886. The van der Waals surface area contributed by atoms with Gasteiger partial charge in [-0.2, -0.15) is 0 Å². The minimum absolute atomic E-state index is 0.175. The first-order valence-electron chi connectivity index (χ1n) is 6.98. The van der Waals surface area contributed by atoms with E-state index >= 15 is 0 Å². The van der Waals surface area contributed by atoms with Crippen molar-refractivity contribution in [2.75, 3.05) is 13.2 Å². The molecule has 6 heteroatoms. The van der Waals surface area contributed by atoms with Crippen LogP contribution in [0.5, 0.6) is 5.75 Å². The number of esters is 1. The molecule has 0 fully saturated rings. The molecule has 1 amide bonds. The van der Waals surface area contributed by atoms with E-state index in [9.17, 15) is 9.59 Å². The van der Waals surface area contributed by atoms with Gasteiger partial charge in [-0.05, 0) is 23.8 Å². The van der Waals surface area contributed by atoms with Crippen LogP contribution in [0.3, 0.4) is 0 Å². The van der Waals surface area contributed by atoms with E-state index in [4.69, 9.17) is 21.1 Å². The van der Waals surface area contributed by atoms with E-state index in [1.165, 1.54) is 0 Å². The van der Waals surface area contributed by atoms with E-state index in [-0.39, 0.29) is 19.8 Å². The van der Waals surface area contributed by atoms with Crippen molar-refractivity contribution in [1.82, 2.24) is 5.32 Å². The van der Waals surface area contributed by atoms with Crippen molar-refractivity contribution in [3.63, 3.8) is 0 Å². The fourth-order valence-electron chi connectivity index (χ4n) is 1.72. The smallest absolute Gasteiger partial charge is 0.325 e. The van der Waals surface area contributed by atoms with Gasteiger partial charge < -0.3 is 14.8 Å². The Morgan fingerprint density at radius 3 is 2.57 bits per heavy atom. The first-order chi connectivity index (χ1) is 11.1. The van der Waals surface area contributed by atoms with E-state index in [0.29, 0.717) is 10.8 Å². The Hall–Kier alpha value is -2.53. The lowest BCUT2D eigenvalue weighted by molar-refractivity contribution is -0.145. The van der Waals surface area contributed by atoms with Crippen molar-refractivity contribution in [2.24, 2.45) is 0 Å². The van der Waals surface area contributed by atoms with E-state index in [0.717, 1.165) is 5.56 Å².